The smallest absolute Gasteiger partial charge is 0.124 e. The Balaban J connectivity index is 2.21. The topological polar surface area (TPSA) is 39.1 Å². The van der Waals surface area contributed by atoms with Gasteiger partial charge in [0, 0.05) is 11.8 Å². The molecule has 0 saturated heterocycles. The predicted octanol–water partition coefficient (Wildman–Crippen LogP) is 2.55. The standard InChI is InChI=1S/C15H21N3O/c1-4-19-15-8-6-5-7-13(15)14(16-3)11-18-10-12(2)9-17-18/h5-10,14,16H,4,11H2,1-3H3. The first-order valence-corrected chi connectivity index (χ1v) is 6.62. The molecule has 4 nitrogen and oxygen atoms in total. The summed E-state index contributed by atoms with van der Waals surface area (Å²) in [5, 5.41) is 7.67. The minimum atomic E-state index is 0.182. The van der Waals surface area contributed by atoms with Gasteiger partial charge in [0.05, 0.1) is 25.4 Å². The van der Waals surface area contributed by atoms with E-state index in [-0.39, 0.29) is 6.04 Å². The summed E-state index contributed by atoms with van der Waals surface area (Å²) in [7, 11) is 1.96. The van der Waals surface area contributed by atoms with Crippen molar-refractivity contribution in [2.24, 2.45) is 0 Å². The second-order valence-electron chi connectivity index (χ2n) is 4.55. The van der Waals surface area contributed by atoms with Crippen LogP contribution in [0.4, 0.5) is 0 Å². The fraction of sp³-hybridized carbons (Fsp3) is 0.400. The highest BCUT2D eigenvalue weighted by molar-refractivity contribution is 5.35. The van der Waals surface area contributed by atoms with E-state index in [0.717, 1.165) is 12.3 Å². The highest BCUT2D eigenvalue weighted by Gasteiger charge is 2.15. The number of hydrogen-bond acceptors (Lipinski definition) is 3. The third-order valence-corrected chi connectivity index (χ3v) is 3.07. The number of likely N-dealkylation sites (N-methyl/N-ethyl adjacent to an activating group) is 1. The molecule has 0 aliphatic carbocycles. The van der Waals surface area contributed by atoms with Gasteiger partial charge in [-0.25, -0.2) is 0 Å². The van der Waals surface area contributed by atoms with Crippen molar-refractivity contribution in [3.8, 4) is 5.75 Å². The van der Waals surface area contributed by atoms with Crippen molar-refractivity contribution < 1.29 is 4.74 Å². The third-order valence-electron chi connectivity index (χ3n) is 3.07. The molecule has 0 amide bonds. The van der Waals surface area contributed by atoms with Crippen LogP contribution in [0.1, 0.15) is 24.1 Å². The number of nitrogens with zero attached hydrogens (tertiary/aromatic N) is 2. The normalized spacial score (nSPS) is 12.4. The Bertz CT molecular complexity index is 522. The molecule has 0 fully saturated rings. The lowest BCUT2D eigenvalue weighted by molar-refractivity contribution is 0.328. The van der Waals surface area contributed by atoms with Gasteiger partial charge in [0.2, 0.25) is 0 Å². The van der Waals surface area contributed by atoms with Crippen molar-refractivity contribution in [3.63, 3.8) is 0 Å². The molecule has 102 valence electrons. The molecule has 1 heterocycles. The Labute approximate surface area is 114 Å². The van der Waals surface area contributed by atoms with E-state index in [1.54, 1.807) is 0 Å². The molecule has 0 radical (unpaired) electrons. The summed E-state index contributed by atoms with van der Waals surface area (Å²) in [5.74, 6) is 0.938. The molecular weight excluding hydrogens is 238 g/mol. The molecular formula is C15H21N3O. The van der Waals surface area contributed by atoms with Gasteiger partial charge in [-0.15, -0.1) is 0 Å². The molecule has 19 heavy (non-hydrogen) atoms. The highest BCUT2D eigenvalue weighted by Crippen LogP contribution is 2.26. The van der Waals surface area contributed by atoms with Crippen molar-refractivity contribution in [1.82, 2.24) is 15.1 Å². The lowest BCUT2D eigenvalue weighted by atomic mass is 10.1. The maximum Gasteiger partial charge on any atom is 0.124 e. The Morgan fingerprint density at radius 3 is 2.79 bits per heavy atom. The van der Waals surface area contributed by atoms with Crippen LogP contribution in [0.5, 0.6) is 5.75 Å². The maximum absolute atomic E-state index is 5.69. The minimum Gasteiger partial charge on any atom is -0.494 e. The van der Waals surface area contributed by atoms with Gasteiger partial charge in [0.15, 0.2) is 0 Å². The molecule has 1 unspecified atom stereocenters. The molecule has 1 N–H and O–H groups in total. The fourth-order valence-electron chi connectivity index (χ4n) is 2.15. The zero-order chi connectivity index (χ0) is 13.7. The van der Waals surface area contributed by atoms with Crippen LogP contribution in [0.3, 0.4) is 0 Å². The summed E-state index contributed by atoms with van der Waals surface area (Å²) in [6, 6.07) is 8.33. The van der Waals surface area contributed by atoms with E-state index < -0.39 is 0 Å². The van der Waals surface area contributed by atoms with E-state index in [9.17, 15) is 0 Å². The molecule has 2 aromatic rings. The summed E-state index contributed by atoms with van der Waals surface area (Å²) >= 11 is 0. The highest BCUT2D eigenvalue weighted by atomic mass is 16.5. The maximum atomic E-state index is 5.69. The zero-order valence-corrected chi connectivity index (χ0v) is 11.8. The van der Waals surface area contributed by atoms with Gasteiger partial charge in [0.25, 0.3) is 0 Å². The van der Waals surface area contributed by atoms with Crippen LogP contribution in [-0.4, -0.2) is 23.4 Å². The van der Waals surface area contributed by atoms with Crippen LogP contribution >= 0.6 is 0 Å². The van der Waals surface area contributed by atoms with Crippen molar-refractivity contribution in [2.45, 2.75) is 26.4 Å². The summed E-state index contributed by atoms with van der Waals surface area (Å²) in [4.78, 5) is 0. The first kappa shape index (κ1) is 13.6. The van der Waals surface area contributed by atoms with Crippen LogP contribution in [0.25, 0.3) is 0 Å². The van der Waals surface area contributed by atoms with Gasteiger partial charge in [-0.3, -0.25) is 4.68 Å². The van der Waals surface area contributed by atoms with Crippen molar-refractivity contribution >= 4 is 0 Å². The molecule has 0 spiro atoms. The molecule has 0 aliphatic heterocycles. The first-order valence-electron chi connectivity index (χ1n) is 6.62. The van der Waals surface area contributed by atoms with E-state index in [1.165, 1.54) is 11.1 Å². The fourth-order valence-corrected chi connectivity index (χ4v) is 2.15. The number of benzene rings is 1. The SMILES string of the molecule is CCOc1ccccc1C(Cn1cc(C)cn1)NC. The number of aryl methyl sites for hydroxylation is 1. The van der Waals surface area contributed by atoms with E-state index >= 15 is 0 Å². The number of hydrogen-bond donors (Lipinski definition) is 1. The Morgan fingerprint density at radius 1 is 1.37 bits per heavy atom. The summed E-state index contributed by atoms with van der Waals surface area (Å²) in [5.41, 5.74) is 2.34. The molecule has 1 aromatic heterocycles. The number of ether oxygens (including phenoxy) is 1. The monoisotopic (exact) mass is 259 g/mol. The molecule has 2 rings (SSSR count). The van der Waals surface area contributed by atoms with Crippen LogP contribution < -0.4 is 10.1 Å². The average Bonchev–Trinajstić information content (AvgIpc) is 2.83. The number of rotatable bonds is 6. The Morgan fingerprint density at radius 2 is 2.16 bits per heavy atom. The molecule has 1 aromatic carbocycles. The van der Waals surface area contributed by atoms with Gasteiger partial charge < -0.3 is 10.1 Å². The summed E-state index contributed by atoms with van der Waals surface area (Å²) in [6.45, 7) is 5.51. The summed E-state index contributed by atoms with van der Waals surface area (Å²) in [6.07, 6.45) is 3.93. The van der Waals surface area contributed by atoms with E-state index in [1.807, 2.05) is 56.2 Å². The van der Waals surface area contributed by atoms with Crippen LogP contribution in [0.15, 0.2) is 36.7 Å². The van der Waals surface area contributed by atoms with Crippen LogP contribution in [0.2, 0.25) is 0 Å². The van der Waals surface area contributed by atoms with Gasteiger partial charge in [0.1, 0.15) is 5.75 Å². The average molecular weight is 259 g/mol. The van der Waals surface area contributed by atoms with Crippen molar-refractivity contribution in [2.75, 3.05) is 13.7 Å². The lowest BCUT2D eigenvalue weighted by Crippen LogP contribution is -2.23. The van der Waals surface area contributed by atoms with Crippen LogP contribution in [-0.2, 0) is 6.54 Å². The van der Waals surface area contributed by atoms with Gasteiger partial charge >= 0.3 is 0 Å². The second-order valence-corrected chi connectivity index (χ2v) is 4.55. The summed E-state index contributed by atoms with van der Waals surface area (Å²) < 4.78 is 7.65. The Hall–Kier alpha value is -1.81. The molecule has 4 heteroatoms. The Kier molecular flexibility index (Phi) is 4.58. The zero-order valence-electron chi connectivity index (χ0n) is 11.8. The van der Waals surface area contributed by atoms with Crippen molar-refractivity contribution in [1.29, 1.82) is 0 Å². The first-order chi connectivity index (χ1) is 9.24. The van der Waals surface area contributed by atoms with E-state index in [0.29, 0.717) is 6.61 Å². The van der Waals surface area contributed by atoms with Gasteiger partial charge in [-0.05, 0) is 32.5 Å². The second kappa shape index (κ2) is 6.38. The number of nitrogens with one attached hydrogen (secondary N) is 1. The lowest BCUT2D eigenvalue weighted by Gasteiger charge is -2.20. The largest absolute Gasteiger partial charge is 0.494 e. The number of para-hydroxylation sites is 1. The van der Waals surface area contributed by atoms with Crippen molar-refractivity contribution in [3.05, 3.63) is 47.8 Å². The van der Waals surface area contributed by atoms with Gasteiger partial charge in [-0.2, -0.15) is 5.10 Å². The molecule has 0 saturated carbocycles. The minimum absolute atomic E-state index is 0.182. The molecule has 0 bridgehead atoms. The molecule has 1 atom stereocenters. The third kappa shape index (κ3) is 3.35. The van der Waals surface area contributed by atoms with E-state index in [2.05, 4.69) is 16.5 Å². The van der Waals surface area contributed by atoms with Gasteiger partial charge in [-0.1, -0.05) is 18.2 Å². The van der Waals surface area contributed by atoms with Crippen LogP contribution in [0, 0.1) is 6.92 Å². The quantitative estimate of drug-likeness (QED) is 0.866. The molecule has 0 aliphatic rings. The number of aromatic nitrogens is 2. The van der Waals surface area contributed by atoms with E-state index in [4.69, 9.17) is 4.74 Å². The predicted molar refractivity (Wildman–Crippen MR) is 76.4 cm³/mol.